The van der Waals surface area contributed by atoms with Crippen molar-refractivity contribution < 1.29 is 17.9 Å². The van der Waals surface area contributed by atoms with E-state index in [0.717, 1.165) is 32.6 Å². The van der Waals surface area contributed by atoms with Crippen LogP contribution in [0.4, 0.5) is 13.2 Å². The number of nitrogens with one attached hydrogen (secondary N) is 1. The molecule has 1 saturated carbocycles. The van der Waals surface area contributed by atoms with E-state index in [9.17, 15) is 13.2 Å². The van der Waals surface area contributed by atoms with Crippen LogP contribution in [-0.4, -0.2) is 31.5 Å². The Balaban J connectivity index is 2.58. The van der Waals surface area contributed by atoms with Gasteiger partial charge in [-0.2, -0.15) is 13.2 Å². The summed E-state index contributed by atoms with van der Waals surface area (Å²) in [6.07, 6.45) is -2.57. The van der Waals surface area contributed by atoms with Gasteiger partial charge in [0.1, 0.15) is 0 Å². The molecule has 0 aromatic carbocycles. The zero-order valence-corrected chi connectivity index (χ0v) is 10.7. The van der Waals surface area contributed by atoms with Gasteiger partial charge < -0.3 is 10.1 Å². The van der Waals surface area contributed by atoms with Crippen LogP contribution >= 0.6 is 0 Å². The highest BCUT2D eigenvalue weighted by molar-refractivity contribution is 4.85. The fourth-order valence-corrected chi connectivity index (χ4v) is 2.40. The molecule has 2 nitrogen and oxygen atoms in total. The standard InChI is InChI=1S/C12H22F3NO/c1-4-9-5-6-10(16-3)11(7-9)17-8(2)12(13,14)15/h8-11,16H,4-7H2,1-3H3. The Morgan fingerprint density at radius 2 is 2.00 bits per heavy atom. The highest BCUT2D eigenvalue weighted by atomic mass is 19.4. The molecule has 1 aliphatic rings. The lowest BCUT2D eigenvalue weighted by atomic mass is 9.82. The molecule has 1 aliphatic carbocycles. The summed E-state index contributed by atoms with van der Waals surface area (Å²) >= 11 is 0. The minimum Gasteiger partial charge on any atom is -0.364 e. The number of rotatable bonds is 4. The number of hydrogen-bond donors (Lipinski definition) is 1. The van der Waals surface area contributed by atoms with E-state index in [0.29, 0.717) is 5.92 Å². The SMILES string of the molecule is CCC1CCC(NC)C(OC(C)C(F)(F)F)C1. The molecule has 5 heteroatoms. The molecule has 0 amide bonds. The number of likely N-dealkylation sites (N-methyl/N-ethyl adjacent to an activating group) is 1. The van der Waals surface area contributed by atoms with Gasteiger partial charge in [-0.05, 0) is 39.2 Å². The average Bonchev–Trinajstić information content (AvgIpc) is 2.27. The summed E-state index contributed by atoms with van der Waals surface area (Å²) in [5.74, 6) is 0.491. The van der Waals surface area contributed by atoms with E-state index < -0.39 is 12.3 Å². The molecule has 1 rings (SSSR count). The summed E-state index contributed by atoms with van der Waals surface area (Å²) in [4.78, 5) is 0. The van der Waals surface area contributed by atoms with E-state index in [1.807, 2.05) is 0 Å². The Hall–Kier alpha value is -0.290. The van der Waals surface area contributed by atoms with Gasteiger partial charge in [0.15, 0.2) is 6.10 Å². The van der Waals surface area contributed by atoms with Crippen LogP contribution in [-0.2, 0) is 4.74 Å². The van der Waals surface area contributed by atoms with E-state index in [-0.39, 0.29) is 12.1 Å². The lowest BCUT2D eigenvalue weighted by Gasteiger charge is -2.37. The maximum atomic E-state index is 12.5. The van der Waals surface area contributed by atoms with Crippen molar-refractivity contribution in [1.82, 2.24) is 5.32 Å². The predicted octanol–water partition coefficient (Wildman–Crippen LogP) is 3.12. The second-order valence-electron chi connectivity index (χ2n) is 4.84. The first-order chi connectivity index (χ1) is 7.88. The third-order valence-corrected chi connectivity index (χ3v) is 3.69. The molecule has 0 radical (unpaired) electrons. The summed E-state index contributed by atoms with van der Waals surface area (Å²) in [5.41, 5.74) is 0. The van der Waals surface area contributed by atoms with Crippen molar-refractivity contribution >= 4 is 0 Å². The lowest BCUT2D eigenvalue weighted by molar-refractivity contribution is -0.233. The van der Waals surface area contributed by atoms with Crippen LogP contribution in [0.1, 0.15) is 39.5 Å². The van der Waals surface area contributed by atoms with Gasteiger partial charge in [0.25, 0.3) is 0 Å². The number of ether oxygens (including phenoxy) is 1. The fraction of sp³-hybridized carbons (Fsp3) is 1.00. The molecule has 1 N–H and O–H groups in total. The van der Waals surface area contributed by atoms with Gasteiger partial charge in [0, 0.05) is 6.04 Å². The molecule has 0 aliphatic heterocycles. The zero-order chi connectivity index (χ0) is 13.1. The molecule has 0 bridgehead atoms. The van der Waals surface area contributed by atoms with Gasteiger partial charge in [-0.15, -0.1) is 0 Å². The van der Waals surface area contributed by atoms with E-state index in [4.69, 9.17) is 4.74 Å². The fourth-order valence-electron chi connectivity index (χ4n) is 2.40. The Morgan fingerprint density at radius 3 is 2.47 bits per heavy atom. The summed E-state index contributed by atoms with van der Waals surface area (Å²) in [6.45, 7) is 3.16. The second kappa shape index (κ2) is 6.05. The van der Waals surface area contributed by atoms with Gasteiger partial charge in [0.2, 0.25) is 0 Å². The Bertz CT molecular complexity index is 232. The number of hydrogen-bond acceptors (Lipinski definition) is 2. The molecule has 0 aromatic rings. The first-order valence-corrected chi connectivity index (χ1v) is 6.27. The zero-order valence-electron chi connectivity index (χ0n) is 10.7. The van der Waals surface area contributed by atoms with Crippen LogP contribution in [0.2, 0.25) is 0 Å². The molecule has 4 unspecified atom stereocenters. The molecule has 0 spiro atoms. The van der Waals surface area contributed by atoms with Gasteiger partial charge in [0.05, 0.1) is 6.10 Å². The number of alkyl halides is 3. The molecule has 1 fully saturated rings. The molecule has 102 valence electrons. The second-order valence-corrected chi connectivity index (χ2v) is 4.84. The van der Waals surface area contributed by atoms with Gasteiger partial charge in [-0.25, -0.2) is 0 Å². The van der Waals surface area contributed by atoms with Gasteiger partial charge in [-0.1, -0.05) is 13.3 Å². The minimum atomic E-state index is -4.27. The van der Waals surface area contributed by atoms with Crippen molar-refractivity contribution in [2.24, 2.45) is 5.92 Å². The molecular formula is C12H22F3NO. The first-order valence-electron chi connectivity index (χ1n) is 6.27. The Labute approximate surface area is 101 Å². The molecule has 0 heterocycles. The van der Waals surface area contributed by atoms with E-state index in [2.05, 4.69) is 12.2 Å². The quantitative estimate of drug-likeness (QED) is 0.831. The number of halogens is 3. The van der Waals surface area contributed by atoms with Crippen LogP contribution in [0.3, 0.4) is 0 Å². The van der Waals surface area contributed by atoms with Crippen molar-refractivity contribution in [2.45, 2.75) is 64.0 Å². The lowest BCUT2D eigenvalue weighted by Crippen LogP contribution is -2.47. The molecule has 17 heavy (non-hydrogen) atoms. The summed E-state index contributed by atoms with van der Waals surface area (Å²) in [7, 11) is 1.78. The topological polar surface area (TPSA) is 21.3 Å². The smallest absolute Gasteiger partial charge is 0.364 e. The summed E-state index contributed by atoms with van der Waals surface area (Å²) in [5, 5.41) is 3.06. The first kappa shape index (κ1) is 14.8. The van der Waals surface area contributed by atoms with Crippen molar-refractivity contribution in [1.29, 1.82) is 0 Å². The monoisotopic (exact) mass is 253 g/mol. The third-order valence-electron chi connectivity index (χ3n) is 3.69. The van der Waals surface area contributed by atoms with E-state index in [1.54, 1.807) is 7.05 Å². The molecule has 0 saturated heterocycles. The van der Waals surface area contributed by atoms with E-state index >= 15 is 0 Å². The molecular weight excluding hydrogens is 231 g/mol. The van der Waals surface area contributed by atoms with Gasteiger partial charge >= 0.3 is 6.18 Å². The Morgan fingerprint density at radius 1 is 1.35 bits per heavy atom. The summed E-state index contributed by atoms with van der Waals surface area (Å²) < 4.78 is 42.6. The van der Waals surface area contributed by atoms with Crippen LogP contribution < -0.4 is 5.32 Å². The van der Waals surface area contributed by atoms with Gasteiger partial charge in [-0.3, -0.25) is 0 Å². The predicted molar refractivity (Wildman–Crippen MR) is 60.9 cm³/mol. The molecule has 0 aromatic heterocycles. The maximum Gasteiger partial charge on any atom is 0.414 e. The highest BCUT2D eigenvalue weighted by Crippen LogP contribution is 2.32. The Kier molecular flexibility index (Phi) is 5.25. The van der Waals surface area contributed by atoms with Crippen LogP contribution in [0.5, 0.6) is 0 Å². The maximum absolute atomic E-state index is 12.5. The highest BCUT2D eigenvalue weighted by Gasteiger charge is 2.41. The van der Waals surface area contributed by atoms with Crippen LogP contribution in [0.25, 0.3) is 0 Å². The minimum absolute atomic E-state index is 0.0441. The third kappa shape index (κ3) is 4.14. The average molecular weight is 253 g/mol. The normalized spacial score (nSPS) is 32.5. The molecule has 4 atom stereocenters. The largest absolute Gasteiger partial charge is 0.414 e. The van der Waals surface area contributed by atoms with Crippen molar-refractivity contribution in [2.75, 3.05) is 7.05 Å². The van der Waals surface area contributed by atoms with Crippen LogP contribution in [0, 0.1) is 5.92 Å². The van der Waals surface area contributed by atoms with Crippen molar-refractivity contribution in [3.05, 3.63) is 0 Å². The van der Waals surface area contributed by atoms with Crippen molar-refractivity contribution in [3.8, 4) is 0 Å². The van der Waals surface area contributed by atoms with Crippen molar-refractivity contribution in [3.63, 3.8) is 0 Å². The van der Waals surface area contributed by atoms with E-state index in [1.165, 1.54) is 0 Å². The van der Waals surface area contributed by atoms with Crippen LogP contribution in [0.15, 0.2) is 0 Å². The summed E-state index contributed by atoms with van der Waals surface area (Å²) in [6, 6.07) is 0.0441.